The minimum absolute atomic E-state index is 0.0188. The zero-order valence-corrected chi connectivity index (χ0v) is 16.8. The van der Waals surface area contributed by atoms with Crippen LogP contribution < -0.4 is 0 Å². The third kappa shape index (κ3) is 4.00. The van der Waals surface area contributed by atoms with E-state index >= 15 is 0 Å². The maximum Gasteiger partial charge on any atom is 0.257 e. The van der Waals surface area contributed by atoms with Crippen LogP contribution in [0.3, 0.4) is 0 Å². The van der Waals surface area contributed by atoms with E-state index in [2.05, 4.69) is 32.4 Å². The number of H-pyrrole nitrogens is 1. The lowest BCUT2D eigenvalue weighted by molar-refractivity contribution is -0.134. The second kappa shape index (κ2) is 7.71. The van der Waals surface area contributed by atoms with Crippen molar-refractivity contribution in [3.63, 3.8) is 0 Å². The van der Waals surface area contributed by atoms with Gasteiger partial charge in [-0.3, -0.25) is 14.8 Å². The third-order valence-electron chi connectivity index (χ3n) is 4.30. The highest BCUT2D eigenvalue weighted by Gasteiger charge is 2.34. The van der Waals surface area contributed by atoms with E-state index < -0.39 is 0 Å². The summed E-state index contributed by atoms with van der Waals surface area (Å²) >= 11 is 3.32. The SMILES string of the molecule is Cc1nc(CN(C)CC(=O)N2N=C(c3cccs3)C[C@H]2c2cccs2)n[nH]1. The summed E-state index contributed by atoms with van der Waals surface area (Å²) in [5.41, 5.74) is 0.976. The van der Waals surface area contributed by atoms with E-state index in [9.17, 15) is 4.79 Å². The molecule has 0 saturated carbocycles. The van der Waals surface area contributed by atoms with Crippen molar-refractivity contribution in [1.82, 2.24) is 25.1 Å². The first-order valence-corrected chi connectivity index (χ1v) is 10.4. The molecule has 1 aliphatic heterocycles. The first-order chi connectivity index (χ1) is 13.1. The largest absolute Gasteiger partial charge is 0.290 e. The maximum absolute atomic E-state index is 13.0. The van der Waals surface area contributed by atoms with Crippen molar-refractivity contribution in [1.29, 1.82) is 0 Å². The van der Waals surface area contributed by atoms with E-state index in [4.69, 9.17) is 0 Å². The Morgan fingerprint density at radius 1 is 1.33 bits per heavy atom. The normalized spacial score (nSPS) is 16.9. The highest BCUT2D eigenvalue weighted by molar-refractivity contribution is 7.12. The van der Waals surface area contributed by atoms with Crippen LogP contribution in [0.5, 0.6) is 0 Å². The van der Waals surface area contributed by atoms with Gasteiger partial charge in [-0.05, 0) is 36.9 Å². The molecule has 1 N–H and O–H groups in total. The van der Waals surface area contributed by atoms with Crippen LogP contribution in [0.2, 0.25) is 0 Å². The van der Waals surface area contributed by atoms with Crippen molar-refractivity contribution in [3.05, 3.63) is 56.4 Å². The van der Waals surface area contributed by atoms with Crippen LogP contribution in [0.15, 0.2) is 40.1 Å². The Kier molecular flexibility index (Phi) is 5.15. The van der Waals surface area contributed by atoms with Crippen LogP contribution in [-0.4, -0.2) is 50.3 Å². The molecule has 0 bridgehead atoms. The van der Waals surface area contributed by atoms with E-state index in [0.29, 0.717) is 12.4 Å². The summed E-state index contributed by atoms with van der Waals surface area (Å²) in [4.78, 5) is 21.5. The van der Waals surface area contributed by atoms with Crippen molar-refractivity contribution in [2.75, 3.05) is 13.6 Å². The van der Waals surface area contributed by atoms with E-state index in [1.807, 2.05) is 41.8 Å². The monoisotopic (exact) mass is 400 g/mol. The van der Waals surface area contributed by atoms with Gasteiger partial charge in [0, 0.05) is 11.3 Å². The third-order valence-corrected chi connectivity index (χ3v) is 6.20. The van der Waals surface area contributed by atoms with E-state index in [1.165, 1.54) is 0 Å². The van der Waals surface area contributed by atoms with Gasteiger partial charge >= 0.3 is 0 Å². The van der Waals surface area contributed by atoms with Crippen LogP contribution in [0.1, 0.15) is 33.9 Å². The molecule has 0 fully saturated rings. The average Bonchev–Trinajstić information content (AvgIpc) is 3.41. The van der Waals surface area contributed by atoms with Crippen LogP contribution in [-0.2, 0) is 11.3 Å². The molecule has 140 valence electrons. The maximum atomic E-state index is 13.0. The van der Waals surface area contributed by atoms with Crippen molar-refractivity contribution in [2.45, 2.75) is 25.9 Å². The number of carbonyl (C=O) groups excluding carboxylic acids is 1. The molecular weight excluding hydrogens is 380 g/mol. The number of hydrogen-bond donors (Lipinski definition) is 1. The summed E-state index contributed by atoms with van der Waals surface area (Å²) in [6.45, 7) is 2.63. The highest BCUT2D eigenvalue weighted by atomic mass is 32.1. The van der Waals surface area contributed by atoms with Gasteiger partial charge in [-0.25, -0.2) is 9.99 Å². The van der Waals surface area contributed by atoms with Crippen LogP contribution in [0.25, 0.3) is 0 Å². The van der Waals surface area contributed by atoms with E-state index in [-0.39, 0.29) is 18.5 Å². The molecule has 0 radical (unpaired) electrons. The molecular formula is C18H20N6OS2. The number of rotatable bonds is 6. The van der Waals surface area contributed by atoms with Gasteiger partial charge in [0.15, 0.2) is 5.82 Å². The fraction of sp³-hybridized carbons (Fsp3) is 0.333. The molecule has 1 atom stereocenters. The molecule has 3 aromatic heterocycles. The number of carbonyl (C=O) groups is 1. The lowest BCUT2D eigenvalue weighted by atomic mass is 10.1. The Bertz CT molecular complexity index is 931. The molecule has 0 spiro atoms. The van der Waals surface area contributed by atoms with Gasteiger partial charge in [-0.1, -0.05) is 12.1 Å². The van der Waals surface area contributed by atoms with Gasteiger partial charge in [0.25, 0.3) is 5.91 Å². The smallest absolute Gasteiger partial charge is 0.257 e. The number of nitrogens with one attached hydrogen (secondary N) is 1. The summed E-state index contributed by atoms with van der Waals surface area (Å²) < 4.78 is 0. The molecule has 1 aliphatic rings. The van der Waals surface area contributed by atoms with Gasteiger partial charge in [-0.15, -0.1) is 22.7 Å². The van der Waals surface area contributed by atoms with Crippen LogP contribution in [0, 0.1) is 6.92 Å². The number of aromatic amines is 1. The number of hydrazone groups is 1. The second-order valence-corrected chi connectivity index (χ2v) is 8.43. The first-order valence-electron chi connectivity index (χ1n) is 8.63. The van der Waals surface area contributed by atoms with Crippen molar-refractivity contribution in [2.24, 2.45) is 5.10 Å². The molecule has 0 unspecified atom stereocenters. The number of amides is 1. The van der Waals surface area contributed by atoms with Gasteiger partial charge in [-0.2, -0.15) is 10.2 Å². The zero-order chi connectivity index (χ0) is 18.8. The Morgan fingerprint density at radius 3 is 2.81 bits per heavy atom. The first kappa shape index (κ1) is 18.0. The number of hydrogen-bond acceptors (Lipinski definition) is 7. The van der Waals surface area contributed by atoms with Crippen molar-refractivity contribution >= 4 is 34.3 Å². The summed E-state index contributed by atoms with van der Waals surface area (Å²) in [7, 11) is 1.89. The average molecular weight is 401 g/mol. The quantitative estimate of drug-likeness (QED) is 0.690. The molecule has 3 aromatic rings. The molecule has 0 aromatic carbocycles. The predicted octanol–water partition coefficient (Wildman–Crippen LogP) is 3.05. The number of nitrogens with zero attached hydrogens (tertiary/aromatic N) is 5. The zero-order valence-electron chi connectivity index (χ0n) is 15.1. The Balaban J connectivity index is 1.50. The number of thiophene rings is 2. The van der Waals surface area contributed by atoms with Gasteiger partial charge in [0.05, 0.1) is 29.7 Å². The minimum Gasteiger partial charge on any atom is -0.290 e. The molecule has 7 nitrogen and oxygen atoms in total. The van der Waals surface area contributed by atoms with E-state index in [1.54, 1.807) is 27.7 Å². The molecule has 1 amide bonds. The second-order valence-electron chi connectivity index (χ2n) is 6.51. The van der Waals surface area contributed by atoms with Gasteiger partial charge in [0.1, 0.15) is 5.82 Å². The highest BCUT2D eigenvalue weighted by Crippen LogP contribution is 2.35. The minimum atomic E-state index is -0.0336. The molecule has 27 heavy (non-hydrogen) atoms. The Hall–Kier alpha value is -2.36. The topological polar surface area (TPSA) is 77.5 Å². The molecule has 0 aliphatic carbocycles. The van der Waals surface area contributed by atoms with Crippen molar-refractivity contribution < 1.29 is 4.79 Å². The van der Waals surface area contributed by atoms with Gasteiger partial charge in [0.2, 0.25) is 0 Å². The summed E-state index contributed by atoms with van der Waals surface area (Å²) in [6.07, 6.45) is 0.747. The number of aryl methyl sites for hydroxylation is 1. The van der Waals surface area contributed by atoms with Crippen molar-refractivity contribution in [3.8, 4) is 0 Å². The number of likely N-dealkylation sites (N-methyl/N-ethyl adjacent to an activating group) is 1. The summed E-state index contributed by atoms with van der Waals surface area (Å²) in [5, 5.41) is 17.4. The standard InChI is InChI=1S/C18H20N6OS2/c1-12-19-17(21-20-12)10-23(2)11-18(25)24-14(16-6-4-8-27-16)9-13(22-24)15-5-3-7-26-15/h3-8,14H,9-11H2,1-2H3,(H,19,20,21)/t14-/m0/s1. The van der Waals surface area contributed by atoms with Crippen LogP contribution >= 0.6 is 22.7 Å². The van der Waals surface area contributed by atoms with E-state index in [0.717, 1.165) is 27.7 Å². The predicted molar refractivity (Wildman–Crippen MR) is 107 cm³/mol. The lowest BCUT2D eigenvalue weighted by Gasteiger charge is -2.23. The Morgan fingerprint density at radius 2 is 2.15 bits per heavy atom. The van der Waals surface area contributed by atoms with Crippen LogP contribution in [0.4, 0.5) is 0 Å². The molecule has 4 heterocycles. The fourth-order valence-corrected chi connectivity index (χ4v) is 4.63. The molecule has 0 saturated heterocycles. The Labute approximate surface area is 165 Å². The molecule has 9 heteroatoms. The fourth-order valence-electron chi connectivity index (χ4n) is 3.09. The molecule has 4 rings (SSSR count). The summed E-state index contributed by atoms with van der Waals surface area (Å²) in [6, 6.07) is 8.13. The lowest BCUT2D eigenvalue weighted by Crippen LogP contribution is -2.36. The summed E-state index contributed by atoms with van der Waals surface area (Å²) in [5.74, 6) is 1.43. The van der Waals surface area contributed by atoms with Gasteiger partial charge < -0.3 is 0 Å². The number of aromatic nitrogens is 3.